The molecule has 4 nitrogen and oxygen atoms in total. The van der Waals surface area contributed by atoms with Gasteiger partial charge in [0.2, 0.25) is 0 Å². The third-order valence-corrected chi connectivity index (χ3v) is 1.91. The van der Waals surface area contributed by atoms with E-state index in [-0.39, 0.29) is 24.3 Å². The molecule has 15 heavy (non-hydrogen) atoms. The van der Waals surface area contributed by atoms with E-state index < -0.39 is 5.60 Å². The molecule has 0 bridgehead atoms. The summed E-state index contributed by atoms with van der Waals surface area (Å²) in [7, 11) is 0. The maximum Gasteiger partial charge on any atom is 0.314 e. The Labute approximate surface area is 95.9 Å². The minimum absolute atomic E-state index is 0. The van der Waals surface area contributed by atoms with E-state index in [1.165, 1.54) is 0 Å². The number of nitrogens with one attached hydrogen (secondary N) is 1. The van der Waals surface area contributed by atoms with Crippen molar-refractivity contribution in [2.45, 2.75) is 19.4 Å². The van der Waals surface area contributed by atoms with Crippen molar-refractivity contribution < 1.29 is 9.53 Å². The fourth-order valence-electron chi connectivity index (χ4n) is 1.03. The molecule has 0 spiro atoms. The van der Waals surface area contributed by atoms with E-state index in [1.54, 1.807) is 20.2 Å². The monoisotopic (exact) mass is 230 g/mol. The van der Waals surface area contributed by atoms with Gasteiger partial charge < -0.3 is 10.1 Å². The number of ether oxygens (including phenoxy) is 1. The fourth-order valence-corrected chi connectivity index (χ4v) is 1.03. The topological polar surface area (TPSA) is 50.7 Å². The van der Waals surface area contributed by atoms with Gasteiger partial charge in [-0.3, -0.25) is 9.79 Å². The molecule has 1 unspecified atom stereocenters. The first-order valence-corrected chi connectivity index (χ1v) is 4.47. The number of terminal acetylenes is 1. The Kier molecular flexibility index (Phi) is 5.16. The van der Waals surface area contributed by atoms with Crippen LogP contribution in [0.2, 0.25) is 0 Å². The van der Waals surface area contributed by atoms with E-state index in [9.17, 15) is 4.79 Å². The van der Waals surface area contributed by atoms with Crippen molar-refractivity contribution in [1.29, 1.82) is 0 Å². The molecule has 84 valence electrons. The van der Waals surface area contributed by atoms with E-state index in [0.717, 1.165) is 0 Å². The van der Waals surface area contributed by atoms with E-state index in [0.29, 0.717) is 13.1 Å². The number of carbonyl (C=O) groups excluding carboxylic acids is 1. The number of nitrogens with zero attached hydrogens (tertiary/aromatic N) is 1. The lowest BCUT2D eigenvalue weighted by Gasteiger charge is -2.23. The van der Waals surface area contributed by atoms with Gasteiger partial charge in [-0.15, -0.1) is 18.8 Å². The second kappa shape index (κ2) is 5.62. The summed E-state index contributed by atoms with van der Waals surface area (Å²) in [6.07, 6.45) is 6.81. The fraction of sp³-hybridized carbons (Fsp3) is 0.600. The van der Waals surface area contributed by atoms with Gasteiger partial charge in [-0.1, -0.05) is 5.92 Å². The van der Waals surface area contributed by atoms with Gasteiger partial charge in [-0.2, -0.15) is 0 Å². The minimum Gasteiger partial charge on any atom is -0.446 e. The molecular weight excluding hydrogens is 216 g/mol. The molecule has 0 aromatic heterocycles. The Bertz CT molecular complexity index is 294. The number of aliphatic imine (C=N–C) groups is 1. The highest BCUT2D eigenvalue weighted by Gasteiger charge is 2.27. The lowest BCUT2D eigenvalue weighted by Crippen LogP contribution is -2.38. The summed E-state index contributed by atoms with van der Waals surface area (Å²) in [6, 6.07) is 0. The number of esters is 1. The summed E-state index contributed by atoms with van der Waals surface area (Å²) >= 11 is 0. The first-order valence-electron chi connectivity index (χ1n) is 4.47. The van der Waals surface area contributed by atoms with Crippen molar-refractivity contribution in [3.05, 3.63) is 0 Å². The molecule has 1 rings (SSSR count). The average molecular weight is 231 g/mol. The van der Waals surface area contributed by atoms with Crippen LogP contribution >= 0.6 is 12.4 Å². The maximum atomic E-state index is 11.5. The molecule has 1 aliphatic heterocycles. The molecule has 0 radical (unpaired) electrons. The van der Waals surface area contributed by atoms with Gasteiger partial charge in [0.05, 0.1) is 18.8 Å². The first kappa shape index (κ1) is 13.8. The Balaban J connectivity index is 0.00000196. The van der Waals surface area contributed by atoms with Crippen LogP contribution in [-0.2, 0) is 9.53 Å². The van der Waals surface area contributed by atoms with Gasteiger partial charge in [0.1, 0.15) is 0 Å². The summed E-state index contributed by atoms with van der Waals surface area (Å²) in [5, 5.41) is 2.88. The molecule has 0 amide bonds. The van der Waals surface area contributed by atoms with Gasteiger partial charge >= 0.3 is 5.97 Å². The zero-order chi connectivity index (χ0) is 10.6. The smallest absolute Gasteiger partial charge is 0.314 e. The van der Waals surface area contributed by atoms with Crippen molar-refractivity contribution in [2.75, 3.05) is 13.1 Å². The second-order valence-electron chi connectivity index (χ2n) is 3.68. The zero-order valence-corrected chi connectivity index (χ0v) is 9.63. The van der Waals surface area contributed by atoms with Gasteiger partial charge in [-0.25, -0.2) is 0 Å². The number of hydrogen-bond donors (Lipinski definition) is 1. The third-order valence-electron chi connectivity index (χ3n) is 1.91. The summed E-state index contributed by atoms with van der Waals surface area (Å²) in [5.74, 6) is 1.89. The Morgan fingerprint density at radius 2 is 2.40 bits per heavy atom. The van der Waals surface area contributed by atoms with Crippen LogP contribution in [0.15, 0.2) is 4.99 Å². The Morgan fingerprint density at radius 3 is 2.87 bits per heavy atom. The van der Waals surface area contributed by atoms with E-state index in [2.05, 4.69) is 16.2 Å². The van der Waals surface area contributed by atoms with Crippen molar-refractivity contribution in [2.24, 2.45) is 10.9 Å². The highest BCUT2D eigenvalue weighted by atomic mass is 35.5. The molecular formula is C10H15ClN2O2. The lowest BCUT2D eigenvalue weighted by atomic mass is 10.1. The molecule has 0 aliphatic carbocycles. The van der Waals surface area contributed by atoms with Gasteiger partial charge in [-0.05, 0) is 13.8 Å². The highest BCUT2D eigenvalue weighted by Crippen LogP contribution is 2.12. The molecule has 0 aromatic rings. The third kappa shape index (κ3) is 4.22. The van der Waals surface area contributed by atoms with Crippen molar-refractivity contribution in [3.8, 4) is 12.3 Å². The van der Waals surface area contributed by atoms with Crippen LogP contribution < -0.4 is 5.32 Å². The number of carbonyl (C=O) groups is 1. The zero-order valence-electron chi connectivity index (χ0n) is 8.82. The normalized spacial score (nSPS) is 19.4. The standard InChI is InChI=1S/C10H14N2O2.ClH/c1-4-10(2,3)14-9(13)8-5-11-7-12-6-8;/h1,7-8H,5-6H2,2-3H3,(H,11,12);1H. The van der Waals surface area contributed by atoms with Crippen LogP contribution in [0.3, 0.4) is 0 Å². The van der Waals surface area contributed by atoms with E-state index >= 15 is 0 Å². The predicted octanol–water partition coefficient (Wildman–Crippen LogP) is 0.611. The van der Waals surface area contributed by atoms with Crippen LogP contribution in [0, 0.1) is 18.3 Å². The Morgan fingerprint density at radius 1 is 1.73 bits per heavy atom. The SMILES string of the molecule is C#CC(C)(C)OC(=O)C1CN=CNC1.Cl. The first-order chi connectivity index (χ1) is 6.55. The summed E-state index contributed by atoms with van der Waals surface area (Å²) < 4.78 is 5.14. The highest BCUT2D eigenvalue weighted by molar-refractivity contribution is 5.85. The van der Waals surface area contributed by atoms with E-state index in [4.69, 9.17) is 11.2 Å². The van der Waals surface area contributed by atoms with Crippen LogP contribution in [0.1, 0.15) is 13.8 Å². The molecule has 0 saturated carbocycles. The Hall–Kier alpha value is -1.21. The van der Waals surface area contributed by atoms with Crippen molar-refractivity contribution in [3.63, 3.8) is 0 Å². The largest absolute Gasteiger partial charge is 0.446 e. The maximum absolute atomic E-state index is 11.5. The number of hydrogen-bond acceptors (Lipinski definition) is 4. The molecule has 1 heterocycles. The number of halogens is 1. The number of rotatable bonds is 2. The van der Waals surface area contributed by atoms with E-state index in [1.807, 2.05) is 0 Å². The molecule has 0 fully saturated rings. The van der Waals surface area contributed by atoms with Gasteiger partial charge in [0.15, 0.2) is 5.60 Å². The molecule has 0 aromatic carbocycles. The van der Waals surface area contributed by atoms with Crippen LogP contribution in [0.25, 0.3) is 0 Å². The quantitative estimate of drug-likeness (QED) is 0.559. The summed E-state index contributed by atoms with van der Waals surface area (Å²) in [4.78, 5) is 15.5. The lowest BCUT2D eigenvalue weighted by molar-refractivity contribution is -0.156. The molecule has 1 atom stereocenters. The van der Waals surface area contributed by atoms with Crippen LogP contribution in [0.5, 0.6) is 0 Å². The van der Waals surface area contributed by atoms with Crippen LogP contribution in [0.4, 0.5) is 0 Å². The molecule has 5 heteroatoms. The minimum atomic E-state index is -0.835. The van der Waals surface area contributed by atoms with Crippen LogP contribution in [-0.4, -0.2) is 31.0 Å². The molecule has 0 saturated heterocycles. The molecule has 1 N–H and O–H groups in total. The molecule has 1 aliphatic rings. The predicted molar refractivity (Wildman–Crippen MR) is 61.1 cm³/mol. The summed E-state index contributed by atoms with van der Waals surface area (Å²) in [5.41, 5.74) is -0.835. The summed E-state index contributed by atoms with van der Waals surface area (Å²) in [6.45, 7) is 4.39. The van der Waals surface area contributed by atoms with Gasteiger partial charge in [0.25, 0.3) is 0 Å². The van der Waals surface area contributed by atoms with Crippen molar-refractivity contribution in [1.82, 2.24) is 5.32 Å². The second-order valence-corrected chi connectivity index (χ2v) is 3.68. The van der Waals surface area contributed by atoms with Gasteiger partial charge in [0, 0.05) is 6.54 Å². The average Bonchev–Trinajstić information content (AvgIpc) is 2.19. The van der Waals surface area contributed by atoms with Crippen molar-refractivity contribution >= 4 is 24.7 Å².